The van der Waals surface area contributed by atoms with Gasteiger partial charge < -0.3 is 0 Å². The molecule has 0 unspecified atom stereocenters. The van der Waals surface area contributed by atoms with Crippen LogP contribution in [-0.4, -0.2) is 16.1 Å². The predicted molar refractivity (Wildman–Crippen MR) is 106 cm³/mol. The Balaban J connectivity index is 4.49. The van der Waals surface area contributed by atoms with E-state index in [0.29, 0.717) is 12.8 Å². The van der Waals surface area contributed by atoms with E-state index in [0.717, 1.165) is 12.8 Å². The highest BCUT2D eigenvalue weighted by Crippen LogP contribution is 2.13. The average molecular weight is 377 g/mol. The summed E-state index contributed by atoms with van der Waals surface area (Å²) in [5.41, 5.74) is -0.183. The van der Waals surface area contributed by atoms with Gasteiger partial charge in [-0.05, 0) is 44.3 Å². The maximum atomic E-state index is 11.1. The minimum Gasteiger partial charge on any atom is -0.291 e. The third-order valence-electron chi connectivity index (χ3n) is 3.80. The molecule has 0 N–H and O–H groups in total. The normalized spacial score (nSPS) is 12.8. The van der Waals surface area contributed by atoms with Gasteiger partial charge in [-0.1, -0.05) is 44.1 Å². The molecule has 0 spiro atoms. The number of hydrogen-bond acceptors (Lipinski definition) is 5. The zero-order valence-corrected chi connectivity index (χ0v) is 16.0. The van der Waals surface area contributed by atoms with E-state index in [1.807, 2.05) is 12.2 Å². The van der Waals surface area contributed by atoms with Crippen molar-refractivity contribution in [2.75, 3.05) is 0 Å². The molecule has 0 heterocycles. The minimum absolute atomic E-state index is 0.0731. The Morgan fingerprint density at radius 1 is 0.889 bits per heavy atom. The van der Waals surface area contributed by atoms with Crippen LogP contribution in [0.2, 0.25) is 0 Å². The van der Waals surface area contributed by atoms with Crippen molar-refractivity contribution in [1.29, 1.82) is 0 Å². The first-order valence-electron chi connectivity index (χ1n) is 9.34. The number of rotatable bonds is 16. The van der Waals surface area contributed by atoms with E-state index in [-0.39, 0.29) is 30.7 Å². The van der Waals surface area contributed by atoms with Crippen LogP contribution in [0.3, 0.4) is 0 Å². The van der Waals surface area contributed by atoms with Gasteiger partial charge in [0, 0.05) is 12.8 Å². The van der Waals surface area contributed by atoms with Crippen LogP contribution in [-0.2, 0) is 4.79 Å². The molecule has 0 aromatic heterocycles. The molecule has 0 aromatic carbocycles. The Morgan fingerprint density at radius 3 is 2.19 bits per heavy atom. The summed E-state index contributed by atoms with van der Waals surface area (Å²) in [5.74, 6) is 0. The molecule has 0 aromatic rings. The summed E-state index contributed by atoms with van der Waals surface area (Å²) in [6, 6.07) is 0. The van der Waals surface area contributed by atoms with Crippen molar-refractivity contribution < 1.29 is 14.6 Å². The number of allylic oxidation sites excluding steroid dienone is 7. The van der Waals surface area contributed by atoms with Gasteiger partial charge in [-0.3, -0.25) is 25.0 Å². The fourth-order valence-corrected chi connectivity index (χ4v) is 2.27. The van der Waals surface area contributed by atoms with E-state index in [4.69, 9.17) is 0 Å². The quantitative estimate of drug-likeness (QED) is 0.154. The highest BCUT2D eigenvalue weighted by Gasteiger charge is 2.14. The summed E-state index contributed by atoms with van der Waals surface area (Å²) in [6.45, 7) is 2.17. The Labute approximate surface area is 160 Å². The van der Waals surface area contributed by atoms with E-state index in [9.17, 15) is 25.0 Å². The zero-order chi connectivity index (χ0) is 20.3. The number of unbranched alkanes of at least 4 members (excludes halogenated alkanes) is 4. The van der Waals surface area contributed by atoms with Gasteiger partial charge in [0.25, 0.3) is 0 Å². The van der Waals surface area contributed by atoms with Crippen molar-refractivity contribution in [2.24, 2.45) is 0 Å². The third kappa shape index (κ3) is 14.3. The van der Waals surface area contributed by atoms with Crippen molar-refractivity contribution in [2.45, 2.75) is 71.1 Å². The molecule has 0 rings (SSSR count). The molecule has 0 saturated heterocycles. The number of nitro groups is 2. The highest BCUT2D eigenvalue weighted by atomic mass is 16.6. The second kappa shape index (κ2) is 16.9. The first kappa shape index (κ1) is 24.4. The van der Waals surface area contributed by atoms with Crippen molar-refractivity contribution in [3.8, 4) is 0 Å². The molecule has 149 valence electrons. The number of nitrogens with zero attached hydrogens (tertiary/aromatic N) is 2. The van der Waals surface area contributed by atoms with Crippen molar-refractivity contribution in [3.63, 3.8) is 0 Å². The topological polar surface area (TPSA) is 103 Å². The number of hydrogen-bond donors (Lipinski definition) is 0. The second-order valence-corrected chi connectivity index (χ2v) is 6.02. The van der Waals surface area contributed by atoms with E-state index in [2.05, 4.69) is 19.1 Å². The lowest BCUT2D eigenvalue weighted by Gasteiger charge is -1.97. The molecule has 27 heavy (non-hydrogen) atoms. The Morgan fingerprint density at radius 2 is 1.56 bits per heavy atom. The molecule has 1 radical (unpaired) electrons. The minimum atomic E-state index is -0.560. The summed E-state index contributed by atoms with van der Waals surface area (Å²) in [4.78, 5) is 31.1. The van der Waals surface area contributed by atoms with E-state index < -0.39 is 9.85 Å². The lowest BCUT2D eigenvalue weighted by molar-refractivity contribution is -0.432. The molecular weight excluding hydrogens is 348 g/mol. The van der Waals surface area contributed by atoms with Gasteiger partial charge in [0.2, 0.25) is 11.4 Å². The Kier molecular flexibility index (Phi) is 15.3. The molecule has 7 nitrogen and oxygen atoms in total. The first-order valence-corrected chi connectivity index (χ1v) is 9.34. The molecule has 0 atom stereocenters. The molecule has 0 fully saturated rings. The zero-order valence-electron chi connectivity index (χ0n) is 16.0. The third-order valence-corrected chi connectivity index (χ3v) is 3.80. The lowest BCUT2D eigenvalue weighted by atomic mass is 10.1. The van der Waals surface area contributed by atoms with Gasteiger partial charge in [-0.15, -0.1) is 0 Å². The Bertz CT molecular complexity index is 577. The molecule has 7 heteroatoms. The van der Waals surface area contributed by atoms with Crippen molar-refractivity contribution in [3.05, 3.63) is 68.1 Å². The predicted octanol–water partition coefficient (Wildman–Crippen LogP) is 5.45. The monoisotopic (exact) mass is 377 g/mol. The van der Waals surface area contributed by atoms with Gasteiger partial charge in [0.1, 0.15) is 0 Å². The van der Waals surface area contributed by atoms with Crippen LogP contribution in [0.15, 0.2) is 47.9 Å². The van der Waals surface area contributed by atoms with Crippen LogP contribution in [0.25, 0.3) is 0 Å². The SMILES string of the molecule is CCCCC/C=C/C/C=C/C/C=C(/C/C=C(/CCC[C]=O)[N+](=O)[O-])[N+](=O)[O-]. The van der Waals surface area contributed by atoms with Gasteiger partial charge in [-0.25, -0.2) is 0 Å². The van der Waals surface area contributed by atoms with E-state index in [1.54, 1.807) is 6.29 Å². The number of carbonyl (C=O) groups excluding carboxylic acids is 1. The van der Waals surface area contributed by atoms with Crippen molar-refractivity contribution >= 4 is 6.29 Å². The van der Waals surface area contributed by atoms with Gasteiger partial charge in [-0.2, -0.15) is 0 Å². The summed E-state index contributed by atoms with van der Waals surface area (Å²) in [7, 11) is 0. The Hall–Kier alpha value is -2.57. The standard InChI is InChI=1S/C20H29N2O5/c1-2-3-4-5-6-7-8-9-10-11-14-19(21(24)25)16-17-20(22(26)27)15-12-13-18-23/h6-7,9-10,14,17H,2-5,8,11-13,15-16H2,1H3/b7-6+,10-9+,19-14-,20-17-. The van der Waals surface area contributed by atoms with Crippen LogP contribution >= 0.6 is 0 Å². The smallest absolute Gasteiger partial charge is 0.246 e. The van der Waals surface area contributed by atoms with Gasteiger partial charge in [0.15, 0.2) is 6.29 Å². The van der Waals surface area contributed by atoms with Gasteiger partial charge in [0.05, 0.1) is 16.3 Å². The summed E-state index contributed by atoms with van der Waals surface area (Å²) in [5, 5.41) is 22.0. The van der Waals surface area contributed by atoms with Crippen molar-refractivity contribution in [1.82, 2.24) is 0 Å². The largest absolute Gasteiger partial charge is 0.291 e. The molecule has 0 amide bonds. The maximum Gasteiger partial charge on any atom is 0.246 e. The summed E-state index contributed by atoms with van der Waals surface area (Å²) >= 11 is 0. The second-order valence-electron chi connectivity index (χ2n) is 6.02. The fraction of sp³-hybridized carbons (Fsp3) is 0.550. The van der Waals surface area contributed by atoms with Gasteiger partial charge >= 0.3 is 0 Å². The summed E-state index contributed by atoms with van der Waals surface area (Å²) < 4.78 is 0. The molecule has 0 aliphatic heterocycles. The lowest BCUT2D eigenvalue weighted by Crippen LogP contribution is -2.02. The van der Waals surface area contributed by atoms with Crippen LogP contribution in [0, 0.1) is 20.2 Å². The van der Waals surface area contributed by atoms with E-state index in [1.165, 1.54) is 31.4 Å². The average Bonchev–Trinajstić information content (AvgIpc) is 2.63. The van der Waals surface area contributed by atoms with Crippen LogP contribution in [0.5, 0.6) is 0 Å². The highest BCUT2D eigenvalue weighted by molar-refractivity contribution is 5.50. The molecule has 0 saturated carbocycles. The molecule has 0 aliphatic rings. The summed E-state index contributed by atoms with van der Waals surface area (Å²) in [6.07, 6.45) is 18.7. The van der Waals surface area contributed by atoms with Crippen LogP contribution in [0.4, 0.5) is 0 Å². The first-order chi connectivity index (χ1) is 13.0. The molecule has 0 aliphatic carbocycles. The molecular formula is C20H29N2O5. The fourth-order valence-electron chi connectivity index (χ4n) is 2.27. The molecule has 0 bridgehead atoms. The maximum absolute atomic E-state index is 11.1. The van der Waals surface area contributed by atoms with Crippen LogP contribution < -0.4 is 0 Å². The van der Waals surface area contributed by atoms with E-state index >= 15 is 0 Å². The van der Waals surface area contributed by atoms with Crippen LogP contribution in [0.1, 0.15) is 71.1 Å².